The van der Waals surface area contributed by atoms with E-state index in [1.165, 1.54) is 5.56 Å². The summed E-state index contributed by atoms with van der Waals surface area (Å²) in [4.78, 5) is 11.0. The molecule has 104 valence electrons. The summed E-state index contributed by atoms with van der Waals surface area (Å²) in [5.74, 6) is 0.845. The summed E-state index contributed by atoms with van der Waals surface area (Å²) < 4.78 is 9.81. The maximum absolute atomic E-state index is 11.0. The zero-order chi connectivity index (χ0) is 14.1. The number of hydrazone groups is 1. The molecule has 0 aliphatic rings. The highest BCUT2D eigenvalue weighted by Crippen LogP contribution is 2.12. The molecular weight excluding hydrogens is 244 g/mol. The third-order valence-electron chi connectivity index (χ3n) is 2.55. The number of benzene rings is 1. The molecule has 0 radical (unpaired) electrons. The fraction of sp³-hybridized carbons (Fsp3) is 0.429. The van der Waals surface area contributed by atoms with Crippen molar-refractivity contribution >= 4 is 11.8 Å². The van der Waals surface area contributed by atoms with Crippen LogP contribution >= 0.6 is 0 Å². The fourth-order valence-corrected chi connectivity index (χ4v) is 1.48. The number of methoxy groups -OCH3 is 1. The summed E-state index contributed by atoms with van der Waals surface area (Å²) in [5, 5.41) is 3.96. The summed E-state index contributed by atoms with van der Waals surface area (Å²) in [6.07, 6.45) is 1.12. The van der Waals surface area contributed by atoms with Crippen molar-refractivity contribution in [2.24, 2.45) is 5.10 Å². The number of rotatable bonds is 6. The second kappa shape index (κ2) is 8.13. The predicted molar refractivity (Wildman–Crippen MR) is 74.6 cm³/mol. The highest BCUT2D eigenvalue weighted by Gasteiger charge is 2.00. The Kier molecular flexibility index (Phi) is 6.43. The van der Waals surface area contributed by atoms with Crippen LogP contribution < -0.4 is 10.2 Å². The topological polar surface area (TPSA) is 59.9 Å². The van der Waals surface area contributed by atoms with Crippen molar-refractivity contribution in [1.82, 2.24) is 5.43 Å². The smallest absolute Gasteiger partial charge is 0.427 e. The maximum Gasteiger partial charge on any atom is 0.427 e. The SMILES string of the molecule is CCOC(=O)N/N=C(/C)CCc1ccc(OC)cc1. The highest BCUT2D eigenvalue weighted by atomic mass is 16.5. The summed E-state index contributed by atoms with van der Waals surface area (Å²) in [7, 11) is 1.65. The number of carbonyl (C=O) groups excluding carboxylic acids is 1. The van der Waals surface area contributed by atoms with Crippen LogP contribution in [0.25, 0.3) is 0 Å². The van der Waals surface area contributed by atoms with Crippen LogP contribution in [-0.2, 0) is 11.2 Å². The van der Waals surface area contributed by atoms with Crippen LogP contribution in [0.5, 0.6) is 5.75 Å². The van der Waals surface area contributed by atoms with Crippen LogP contribution in [0.15, 0.2) is 29.4 Å². The van der Waals surface area contributed by atoms with E-state index in [1.54, 1.807) is 14.0 Å². The normalized spacial score (nSPS) is 11.0. The molecule has 5 nitrogen and oxygen atoms in total. The highest BCUT2D eigenvalue weighted by molar-refractivity contribution is 5.83. The molecule has 19 heavy (non-hydrogen) atoms. The Morgan fingerprint density at radius 2 is 2.00 bits per heavy atom. The monoisotopic (exact) mass is 264 g/mol. The van der Waals surface area contributed by atoms with Crippen LogP contribution in [0.1, 0.15) is 25.8 Å². The molecule has 0 saturated carbocycles. The van der Waals surface area contributed by atoms with Crippen LogP contribution in [0.4, 0.5) is 4.79 Å². The number of aryl methyl sites for hydroxylation is 1. The van der Waals surface area contributed by atoms with Crippen LogP contribution in [-0.4, -0.2) is 25.5 Å². The van der Waals surface area contributed by atoms with E-state index in [4.69, 9.17) is 9.47 Å². The molecule has 0 bridgehead atoms. The van der Waals surface area contributed by atoms with Crippen molar-refractivity contribution in [2.75, 3.05) is 13.7 Å². The Bertz CT molecular complexity index is 427. The third-order valence-corrected chi connectivity index (χ3v) is 2.55. The molecule has 0 fully saturated rings. The lowest BCUT2D eigenvalue weighted by Gasteiger charge is -2.04. The van der Waals surface area contributed by atoms with Gasteiger partial charge in [0.15, 0.2) is 0 Å². The van der Waals surface area contributed by atoms with E-state index in [0.29, 0.717) is 6.61 Å². The Hall–Kier alpha value is -2.04. The molecule has 0 saturated heterocycles. The molecule has 0 unspecified atom stereocenters. The summed E-state index contributed by atoms with van der Waals surface area (Å²) in [5.41, 5.74) is 4.40. The first-order valence-corrected chi connectivity index (χ1v) is 6.24. The first-order chi connectivity index (χ1) is 9.15. The predicted octanol–water partition coefficient (Wildman–Crippen LogP) is 2.75. The van der Waals surface area contributed by atoms with E-state index in [0.717, 1.165) is 24.3 Å². The number of nitrogens with one attached hydrogen (secondary N) is 1. The Labute approximate surface area is 113 Å². The van der Waals surface area contributed by atoms with Gasteiger partial charge in [0, 0.05) is 5.71 Å². The van der Waals surface area contributed by atoms with Gasteiger partial charge in [-0.25, -0.2) is 10.2 Å². The molecule has 5 heteroatoms. The van der Waals surface area contributed by atoms with Gasteiger partial charge in [0.25, 0.3) is 0 Å². The number of ether oxygens (including phenoxy) is 2. The van der Waals surface area contributed by atoms with Gasteiger partial charge in [-0.1, -0.05) is 12.1 Å². The molecule has 0 heterocycles. The third kappa shape index (κ3) is 5.90. The molecule has 0 aliphatic carbocycles. The molecular formula is C14H20N2O3. The van der Waals surface area contributed by atoms with Crippen molar-refractivity contribution in [1.29, 1.82) is 0 Å². The lowest BCUT2D eigenvalue weighted by molar-refractivity contribution is 0.152. The van der Waals surface area contributed by atoms with E-state index < -0.39 is 6.09 Å². The van der Waals surface area contributed by atoms with Gasteiger partial charge < -0.3 is 9.47 Å². The van der Waals surface area contributed by atoms with Gasteiger partial charge in [-0.05, 0) is 44.4 Å². The minimum atomic E-state index is -0.522. The molecule has 1 aromatic carbocycles. The first-order valence-electron chi connectivity index (χ1n) is 6.24. The average molecular weight is 264 g/mol. The minimum absolute atomic E-state index is 0.340. The lowest BCUT2D eigenvalue weighted by Crippen LogP contribution is -2.20. The van der Waals surface area contributed by atoms with Crippen molar-refractivity contribution < 1.29 is 14.3 Å². The zero-order valence-corrected chi connectivity index (χ0v) is 11.6. The van der Waals surface area contributed by atoms with Crippen LogP contribution in [0.2, 0.25) is 0 Å². The van der Waals surface area contributed by atoms with E-state index in [9.17, 15) is 4.79 Å². The summed E-state index contributed by atoms with van der Waals surface area (Å²) in [6.45, 7) is 3.96. The minimum Gasteiger partial charge on any atom is -0.497 e. The number of nitrogens with zero attached hydrogens (tertiary/aromatic N) is 1. The van der Waals surface area contributed by atoms with Crippen molar-refractivity contribution in [2.45, 2.75) is 26.7 Å². The van der Waals surface area contributed by atoms with E-state index in [2.05, 4.69) is 10.5 Å². The van der Waals surface area contributed by atoms with Crippen LogP contribution in [0.3, 0.4) is 0 Å². The van der Waals surface area contributed by atoms with E-state index >= 15 is 0 Å². The molecule has 0 aromatic heterocycles. The van der Waals surface area contributed by atoms with Gasteiger partial charge in [-0.15, -0.1) is 0 Å². The quantitative estimate of drug-likeness (QED) is 0.635. The van der Waals surface area contributed by atoms with Crippen molar-refractivity contribution in [3.8, 4) is 5.75 Å². The lowest BCUT2D eigenvalue weighted by atomic mass is 10.1. The Morgan fingerprint density at radius 3 is 2.58 bits per heavy atom. The van der Waals surface area contributed by atoms with E-state index in [1.807, 2.05) is 31.2 Å². The number of hydrogen-bond donors (Lipinski definition) is 1. The van der Waals surface area contributed by atoms with Crippen molar-refractivity contribution in [3.05, 3.63) is 29.8 Å². The number of hydrogen-bond acceptors (Lipinski definition) is 4. The molecule has 1 rings (SSSR count). The molecule has 0 atom stereocenters. The zero-order valence-electron chi connectivity index (χ0n) is 11.6. The summed E-state index contributed by atoms with van der Waals surface area (Å²) in [6, 6.07) is 7.90. The molecule has 1 N–H and O–H groups in total. The first kappa shape index (κ1) is 15.0. The molecule has 0 aliphatic heterocycles. The largest absolute Gasteiger partial charge is 0.497 e. The van der Waals surface area contributed by atoms with Gasteiger partial charge >= 0.3 is 6.09 Å². The Balaban J connectivity index is 2.38. The van der Waals surface area contributed by atoms with Crippen LogP contribution in [0, 0.1) is 0 Å². The molecule has 1 amide bonds. The number of amides is 1. The maximum atomic E-state index is 11.0. The van der Waals surface area contributed by atoms with Gasteiger partial charge in [0.2, 0.25) is 0 Å². The Morgan fingerprint density at radius 1 is 1.32 bits per heavy atom. The van der Waals surface area contributed by atoms with Gasteiger partial charge in [-0.3, -0.25) is 0 Å². The second-order valence-corrected chi connectivity index (χ2v) is 4.03. The standard InChI is InChI=1S/C14H20N2O3/c1-4-19-14(17)16-15-11(2)5-6-12-7-9-13(18-3)10-8-12/h7-10H,4-6H2,1-3H3,(H,16,17)/b15-11-. The second-order valence-electron chi connectivity index (χ2n) is 4.03. The molecule has 0 spiro atoms. The summed E-state index contributed by atoms with van der Waals surface area (Å²) >= 11 is 0. The number of carbonyl (C=O) groups is 1. The molecule has 1 aromatic rings. The van der Waals surface area contributed by atoms with Gasteiger partial charge in [0.05, 0.1) is 13.7 Å². The average Bonchev–Trinajstić information content (AvgIpc) is 2.44. The van der Waals surface area contributed by atoms with Gasteiger partial charge in [-0.2, -0.15) is 5.10 Å². The van der Waals surface area contributed by atoms with E-state index in [-0.39, 0.29) is 0 Å². The van der Waals surface area contributed by atoms with Crippen molar-refractivity contribution in [3.63, 3.8) is 0 Å². The van der Waals surface area contributed by atoms with Gasteiger partial charge in [0.1, 0.15) is 5.75 Å². The fourth-order valence-electron chi connectivity index (χ4n) is 1.48.